The number of rotatable bonds is 19. The van der Waals surface area contributed by atoms with E-state index in [9.17, 15) is 4.79 Å². The Kier molecular flexibility index (Phi) is 15.1. The summed E-state index contributed by atoms with van der Waals surface area (Å²) in [7, 11) is 1.69. The van der Waals surface area contributed by atoms with Crippen LogP contribution in [0.1, 0.15) is 121 Å². The predicted molar refractivity (Wildman–Crippen MR) is 182 cm³/mol. The van der Waals surface area contributed by atoms with Gasteiger partial charge in [-0.2, -0.15) is 4.57 Å². The molecule has 0 aliphatic heterocycles. The first-order valence-electron chi connectivity index (χ1n) is 16.6. The lowest BCUT2D eigenvalue weighted by Crippen LogP contribution is -2.38. The molecule has 0 bridgehead atoms. The molecule has 0 saturated heterocycles. The molecule has 2 aromatic carbocycles. The predicted octanol–water partition coefficient (Wildman–Crippen LogP) is 9.81. The van der Waals surface area contributed by atoms with Crippen LogP contribution >= 0.6 is 11.3 Å². The molecule has 0 saturated carbocycles. The summed E-state index contributed by atoms with van der Waals surface area (Å²) in [5.74, 6) is 0.938. The molecule has 0 spiro atoms. The summed E-state index contributed by atoms with van der Waals surface area (Å²) in [4.78, 5) is 14.9. The summed E-state index contributed by atoms with van der Waals surface area (Å²) in [5, 5.41) is 4.90. The topological polar surface area (TPSA) is 45.5 Å². The number of ether oxygens (including phenoxy) is 1. The Morgan fingerprint density at radius 2 is 1.56 bits per heavy atom. The molecule has 5 nitrogen and oxygen atoms in total. The first kappa shape index (κ1) is 34.6. The molecule has 1 N–H and O–H groups in total. The molecule has 0 unspecified atom stereocenters. The summed E-state index contributed by atoms with van der Waals surface area (Å²) in [6, 6.07) is 14.6. The van der Waals surface area contributed by atoms with Gasteiger partial charge in [0.2, 0.25) is 5.51 Å². The highest BCUT2D eigenvalue weighted by molar-refractivity contribution is 7.07. The molecule has 0 aliphatic carbocycles. The van der Waals surface area contributed by atoms with Crippen molar-refractivity contribution in [3.63, 3.8) is 0 Å². The molecule has 1 aromatic heterocycles. The van der Waals surface area contributed by atoms with E-state index >= 15 is 0 Å². The second-order valence-electron chi connectivity index (χ2n) is 12.8. The standard InChI is InChI=1S/C37H55N3O2S/c1-6-7-8-9-10-11-12-13-14-15-16-17-24-42-35-27-32(21-22-34(35)37(2,3)4)29-40(36(41)38-5)33-20-18-19-31(26-33)28-39-23-25-43-30-39/h18-23,25-27,30H,6-17,24,28-29H2,1-5H3/p+1. The fourth-order valence-electron chi connectivity index (χ4n) is 5.51. The van der Waals surface area contributed by atoms with E-state index in [1.165, 1.54) is 76.2 Å². The van der Waals surface area contributed by atoms with E-state index in [-0.39, 0.29) is 11.4 Å². The van der Waals surface area contributed by atoms with Crippen LogP contribution in [0, 0.1) is 0 Å². The number of carbonyl (C=O) groups is 1. The van der Waals surface area contributed by atoms with Crippen molar-refractivity contribution in [2.24, 2.45) is 0 Å². The lowest BCUT2D eigenvalue weighted by molar-refractivity contribution is -0.683. The number of thiazole rings is 1. The second kappa shape index (κ2) is 18.7. The van der Waals surface area contributed by atoms with E-state index in [0.29, 0.717) is 6.54 Å². The van der Waals surface area contributed by atoms with Crippen molar-refractivity contribution in [2.45, 2.75) is 123 Å². The summed E-state index contributed by atoms with van der Waals surface area (Å²) in [6.45, 7) is 10.9. The van der Waals surface area contributed by atoms with E-state index in [4.69, 9.17) is 4.74 Å². The van der Waals surface area contributed by atoms with Crippen molar-refractivity contribution in [3.05, 3.63) is 76.2 Å². The van der Waals surface area contributed by atoms with Crippen LogP contribution in [0.2, 0.25) is 0 Å². The maximum absolute atomic E-state index is 13.0. The van der Waals surface area contributed by atoms with Gasteiger partial charge in [0.15, 0.2) is 12.7 Å². The van der Waals surface area contributed by atoms with Gasteiger partial charge in [-0.25, -0.2) is 4.79 Å². The largest absolute Gasteiger partial charge is 0.493 e. The van der Waals surface area contributed by atoms with Gasteiger partial charge in [-0.3, -0.25) is 4.90 Å². The van der Waals surface area contributed by atoms with Crippen LogP contribution in [0.3, 0.4) is 0 Å². The van der Waals surface area contributed by atoms with Crippen molar-refractivity contribution >= 4 is 23.1 Å². The molecular weight excluding hydrogens is 550 g/mol. The lowest BCUT2D eigenvalue weighted by atomic mass is 9.85. The van der Waals surface area contributed by atoms with Crippen LogP contribution in [0.5, 0.6) is 5.75 Å². The summed E-state index contributed by atoms with van der Waals surface area (Å²) in [5.41, 5.74) is 6.36. The van der Waals surface area contributed by atoms with Gasteiger partial charge in [0.1, 0.15) is 5.75 Å². The van der Waals surface area contributed by atoms with Crippen LogP contribution in [-0.2, 0) is 18.5 Å². The third-order valence-electron chi connectivity index (χ3n) is 8.02. The average molecular weight is 607 g/mol. The zero-order valence-corrected chi connectivity index (χ0v) is 28.3. The minimum Gasteiger partial charge on any atom is -0.493 e. The minimum atomic E-state index is -0.126. The maximum Gasteiger partial charge on any atom is 0.321 e. The van der Waals surface area contributed by atoms with Gasteiger partial charge < -0.3 is 10.1 Å². The van der Waals surface area contributed by atoms with Crippen LogP contribution in [-0.4, -0.2) is 19.7 Å². The Morgan fingerprint density at radius 3 is 2.16 bits per heavy atom. The minimum absolute atomic E-state index is 0.0292. The normalized spacial score (nSPS) is 11.5. The highest BCUT2D eigenvalue weighted by Gasteiger charge is 2.21. The molecule has 0 radical (unpaired) electrons. The van der Waals surface area contributed by atoms with Gasteiger partial charge in [0.25, 0.3) is 0 Å². The van der Waals surface area contributed by atoms with Gasteiger partial charge in [-0.05, 0) is 41.2 Å². The average Bonchev–Trinajstić information content (AvgIpc) is 3.50. The zero-order valence-electron chi connectivity index (χ0n) is 27.5. The maximum atomic E-state index is 13.0. The van der Waals surface area contributed by atoms with E-state index in [1.807, 2.05) is 17.0 Å². The SMILES string of the molecule is CCCCCCCCCCCCCCOc1cc(CN(C(=O)NC)c2cccc(C[n+]3ccsc3)c2)ccc1C(C)(C)C. The Balaban J connectivity index is 1.56. The van der Waals surface area contributed by atoms with Crippen molar-refractivity contribution < 1.29 is 14.1 Å². The van der Waals surface area contributed by atoms with E-state index in [0.717, 1.165) is 42.1 Å². The number of aromatic nitrogens is 1. The number of nitrogens with one attached hydrogen (secondary N) is 1. The number of amides is 2. The molecule has 0 atom stereocenters. The number of unbranched alkanes of at least 4 members (excludes halogenated alkanes) is 11. The highest BCUT2D eigenvalue weighted by atomic mass is 32.1. The fourth-order valence-corrected chi connectivity index (χ4v) is 6.11. The van der Waals surface area contributed by atoms with Gasteiger partial charge in [-0.15, -0.1) is 0 Å². The molecule has 3 aromatic rings. The van der Waals surface area contributed by atoms with Gasteiger partial charge in [0, 0.05) is 18.3 Å². The number of anilines is 1. The summed E-state index contributed by atoms with van der Waals surface area (Å²) >= 11 is 1.68. The van der Waals surface area contributed by atoms with E-state index in [1.54, 1.807) is 18.4 Å². The van der Waals surface area contributed by atoms with Crippen LogP contribution in [0.15, 0.2) is 59.6 Å². The van der Waals surface area contributed by atoms with Crippen LogP contribution in [0.4, 0.5) is 10.5 Å². The molecule has 3 rings (SSSR count). The molecule has 43 heavy (non-hydrogen) atoms. The Morgan fingerprint density at radius 1 is 0.884 bits per heavy atom. The molecule has 0 fully saturated rings. The molecule has 6 heteroatoms. The Hall–Kier alpha value is -2.86. The zero-order chi connectivity index (χ0) is 30.9. The molecule has 236 valence electrons. The first-order valence-corrected chi connectivity index (χ1v) is 17.5. The smallest absolute Gasteiger partial charge is 0.321 e. The third kappa shape index (κ3) is 12.3. The first-order chi connectivity index (χ1) is 20.8. The summed E-state index contributed by atoms with van der Waals surface area (Å²) in [6.07, 6.45) is 18.1. The number of nitrogens with zero attached hydrogens (tertiary/aromatic N) is 2. The quantitative estimate of drug-likeness (QED) is 0.109. The number of benzene rings is 2. The van der Waals surface area contributed by atoms with E-state index in [2.05, 4.69) is 85.0 Å². The number of hydrogen-bond acceptors (Lipinski definition) is 3. The number of carbonyl (C=O) groups excluding carboxylic acids is 1. The Bertz CT molecular complexity index is 1200. The highest BCUT2D eigenvalue weighted by Crippen LogP contribution is 2.33. The molecule has 1 heterocycles. The molecular formula is C37H56N3O2S+. The summed E-state index contributed by atoms with van der Waals surface area (Å²) < 4.78 is 8.58. The van der Waals surface area contributed by atoms with E-state index < -0.39 is 0 Å². The Labute approximate surface area is 265 Å². The van der Waals surface area contributed by atoms with Crippen molar-refractivity contribution in [3.8, 4) is 5.75 Å². The van der Waals surface area contributed by atoms with Gasteiger partial charge in [-0.1, -0.05) is 134 Å². The number of hydrogen-bond donors (Lipinski definition) is 1. The van der Waals surface area contributed by atoms with Crippen LogP contribution in [0.25, 0.3) is 0 Å². The van der Waals surface area contributed by atoms with Crippen LogP contribution < -0.4 is 19.5 Å². The second-order valence-corrected chi connectivity index (χ2v) is 13.6. The van der Waals surface area contributed by atoms with Crippen molar-refractivity contribution in [1.29, 1.82) is 0 Å². The fraction of sp³-hybridized carbons (Fsp3) is 0.568. The van der Waals surface area contributed by atoms with Crippen molar-refractivity contribution in [1.82, 2.24) is 5.32 Å². The monoisotopic (exact) mass is 606 g/mol. The molecule has 0 aliphatic rings. The number of urea groups is 1. The molecule has 2 amide bonds. The lowest BCUT2D eigenvalue weighted by Gasteiger charge is -2.26. The van der Waals surface area contributed by atoms with Crippen molar-refractivity contribution in [2.75, 3.05) is 18.6 Å². The third-order valence-corrected chi connectivity index (χ3v) is 8.70. The van der Waals surface area contributed by atoms with Gasteiger partial charge >= 0.3 is 6.03 Å². The van der Waals surface area contributed by atoms with Gasteiger partial charge in [0.05, 0.1) is 18.5 Å².